The second kappa shape index (κ2) is 5.87. The zero-order valence-electron chi connectivity index (χ0n) is 11.8. The highest BCUT2D eigenvalue weighted by molar-refractivity contribution is 5.95. The van der Waals surface area contributed by atoms with E-state index in [1.165, 1.54) is 17.9 Å². The number of piperidine rings is 1. The van der Waals surface area contributed by atoms with Crippen LogP contribution in [0.4, 0.5) is 8.78 Å². The van der Waals surface area contributed by atoms with Crippen LogP contribution in [-0.4, -0.2) is 30.4 Å². The number of rotatable bonds is 2. The average molecular weight is 282 g/mol. The van der Waals surface area contributed by atoms with E-state index < -0.39 is 23.1 Å². The van der Waals surface area contributed by atoms with Gasteiger partial charge in [-0.15, -0.1) is 0 Å². The summed E-state index contributed by atoms with van der Waals surface area (Å²) in [4.78, 5) is 13.9. The Morgan fingerprint density at radius 1 is 1.45 bits per heavy atom. The van der Waals surface area contributed by atoms with Gasteiger partial charge in [0, 0.05) is 13.1 Å². The van der Waals surface area contributed by atoms with Crippen molar-refractivity contribution < 1.29 is 13.6 Å². The summed E-state index contributed by atoms with van der Waals surface area (Å²) in [5.41, 5.74) is 5.52. The molecule has 2 atom stereocenters. The highest BCUT2D eigenvalue weighted by Crippen LogP contribution is 2.25. The SMILES string of the molecule is Cc1ccc(F)c(C(=O)N2CCC(C)C(CN)C2)c1F. The summed E-state index contributed by atoms with van der Waals surface area (Å²) in [5, 5.41) is 0. The van der Waals surface area contributed by atoms with Gasteiger partial charge < -0.3 is 10.6 Å². The van der Waals surface area contributed by atoms with Crippen LogP contribution in [0, 0.1) is 30.4 Å². The molecule has 1 amide bonds. The molecule has 110 valence electrons. The number of carbonyl (C=O) groups is 1. The maximum absolute atomic E-state index is 14.0. The van der Waals surface area contributed by atoms with Crippen LogP contribution in [0.15, 0.2) is 12.1 Å². The number of likely N-dealkylation sites (tertiary alicyclic amines) is 1. The summed E-state index contributed by atoms with van der Waals surface area (Å²) >= 11 is 0. The maximum atomic E-state index is 14.0. The van der Waals surface area contributed by atoms with Crippen LogP contribution in [0.5, 0.6) is 0 Å². The average Bonchev–Trinajstić information content (AvgIpc) is 2.43. The molecule has 1 heterocycles. The van der Waals surface area contributed by atoms with Crippen molar-refractivity contribution in [3.05, 3.63) is 34.9 Å². The first-order valence-electron chi connectivity index (χ1n) is 6.89. The summed E-state index contributed by atoms with van der Waals surface area (Å²) in [6, 6.07) is 2.47. The molecule has 2 rings (SSSR count). The van der Waals surface area contributed by atoms with Crippen LogP contribution in [0.2, 0.25) is 0 Å². The molecule has 0 aliphatic carbocycles. The molecule has 1 aliphatic heterocycles. The molecule has 5 heteroatoms. The third kappa shape index (κ3) is 2.68. The van der Waals surface area contributed by atoms with Crippen molar-refractivity contribution in [3.63, 3.8) is 0 Å². The molecule has 1 saturated heterocycles. The first-order chi connectivity index (χ1) is 9.45. The van der Waals surface area contributed by atoms with Crippen LogP contribution in [-0.2, 0) is 0 Å². The first kappa shape index (κ1) is 14.9. The lowest BCUT2D eigenvalue weighted by atomic mass is 9.87. The minimum atomic E-state index is -0.805. The molecule has 1 aliphatic rings. The van der Waals surface area contributed by atoms with E-state index in [0.717, 1.165) is 12.5 Å². The Labute approximate surface area is 117 Å². The third-order valence-corrected chi connectivity index (χ3v) is 4.20. The highest BCUT2D eigenvalue weighted by Gasteiger charge is 2.31. The normalized spacial score (nSPS) is 22.9. The molecule has 3 nitrogen and oxygen atoms in total. The molecule has 1 aromatic rings. The van der Waals surface area contributed by atoms with Gasteiger partial charge in [0.05, 0.1) is 0 Å². The van der Waals surface area contributed by atoms with E-state index in [0.29, 0.717) is 25.6 Å². The van der Waals surface area contributed by atoms with Crippen molar-refractivity contribution in [2.24, 2.45) is 17.6 Å². The van der Waals surface area contributed by atoms with Gasteiger partial charge in [-0.05, 0) is 43.4 Å². The Morgan fingerprint density at radius 2 is 2.15 bits per heavy atom. The summed E-state index contributed by atoms with van der Waals surface area (Å²) in [7, 11) is 0. The van der Waals surface area contributed by atoms with Gasteiger partial charge in [0.25, 0.3) is 5.91 Å². The van der Waals surface area contributed by atoms with Crippen molar-refractivity contribution in [2.75, 3.05) is 19.6 Å². The second-order valence-corrected chi connectivity index (χ2v) is 5.57. The topological polar surface area (TPSA) is 46.3 Å². The minimum absolute atomic E-state index is 0.184. The molecule has 2 unspecified atom stereocenters. The molecular formula is C15H20F2N2O. The molecule has 2 N–H and O–H groups in total. The number of halogens is 2. The highest BCUT2D eigenvalue weighted by atomic mass is 19.1. The Morgan fingerprint density at radius 3 is 2.80 bits per heavy atom. The quantitative estimate of drug-likeness (QED) is 0.905. The molecule has 0 saturated carbocycles. The number of nitrogens with zero attached hydrogens (tertiary/aromatic N) is 1. The molecule has 0 spiro atoms. The van der Waals surface area contributed by atoms with Gasteiger partial charge in [0.2, 0.25) is 0 Å². The monoisotopic (exact) mass is 282 g/mol. The first-order valence-corrected chi connectivity index (χ1v) is 6.89. The number of nitrogens with two attached hydrogens (primary N) is 1. The number of amides is 1. The second-order valence-electron chi connectivity index (χ2n) is 5.57. The van der Waals surface area contributed by atoms with Crippen LogP contribution >= 0.6 is 0 Å². The molecule has 0 radical (unpaired) electrons. The van der Waals surface area contributed by atoms with Gasteiger partial charge in [-0.3, -0.25) is 4.79 Å². The molecular weight excluding hydrogens is 262 g/mol. The predicted octanol–water partition coefficient (Wildman–Crippen LogP) is 2.33. The Bertz CT molecular complexity index is 519. The summed E-state index contributed by atoms with van der Waals surface area (Å²) in [6.45, 7) is 5.07. The number of hydrogen-bond acceptors (Lipinski definition) is 2. The van der Waals surface area contributed by atoms with E-state index in [2.05, 4.69) is 6.92 Å². The standard InChI is InChI=1S/C15H20F2N2O/c1-9-5-6-19(8-11(9)7-18)15(20)13-12(16)4-3-10(2)14(13)17/h3-4,9,11H,5-8,18H2,1-2H3. The van der Waals surface area contributed by atoms with Gasteiger partial charge in [0.1, 0.15) is 17.2 Å². The van der Waals surface area contributed by atoms with Gasteiger partial charge in [-0.1, -0.05) is 13.0 Å². The van der Waals surface area contributed by atoms with Gasteiger partial charge in [-0.25, -0.2) is 8.78 Å². The number of aryl methyl sites for hydroxylation is 1. The van der Waals surface area contributed by atoms with Crippen molar-refractivity contribution >= 4 is 5.91 Å². The third-order valence-electron chi connectivity index (χ3n) is 4.20. The Balaban J connectivity index is 2.26. The molecule has 1 aromatic carbocycles. The van der Waals surface area contributed by atoms with E-state index >= 15 is 0 Å². The number of benzene rings is 1. The minimum Gasteiger partial charge on any atom is -0.338 e. The Hall–Kier alpha value is -1.49. The summed E-state index contributed by atoms with van der Waals surface area (Å²) in [6.07, 6.45) is 0.808. The van der Waals surface area contributed by atoms with E-state index in [1.54, 1.807) is 0 Å². The molecule has 0 aromatic heterocycles. The zero-order valence-corrected chi connectivity index (χ0v) is 11.8. The van der Waals surface area contributed by atoms with Crippen molar-refractivity contribution in [3.8, 4) is 0 Å². The van der Waals surface area contributed by atoms with Crippen LogP contribution < -0.4 is 5.73 Å². The molecule has 1 fully saturated rings. The van der Waals surface area contributed by atoms with Crippen LogP contribution in [0.25, 0.3) is 0 Å². The molecule has 0 bridgehead atoms. The fourth-order valence-electron chi connectivity index (χ4n) is 2.65. The number of hydrogen-bond donors (Lipinski definition) is 1. The van der Waals surface area contributed by atoms with E-state index in [1.807, 2.05) is 0 Å². The predicted molar refractivity (Wildman–Crippen MR) is 73.3 cm³/mol. The number of carbonyl (C=O) groups excluding carboxylic acids is 1. The zero-order chi connectivity index (χ0) is 14.9. The van der Waals surface area contributed by atoms with Gasteiger partial charge >= 0.3 is 0 Å². The van der Waals surface area contributed by atoms with Gasteiger partial charge in [0.15, 0.2) is 0 Å². The largest absolute Gasteiger partial charge is 0.338 e. The smallest absolute Gasteiger partial charge is 0.259 e. The Kier molecular flexibility index (Phi) is 4.38. The van der Waals surface area contributed by atoms with Gasteiger partial charge in [-0.2, -0.15) is 0 Å². The van der Waals surface area contributed by atoms with Crippen LogP contribution in [0.3, 0.4) is 0 Å². The fourth-order valence-corrected chi connectivity index (χ4v) is 2.65. The van der Waals surface area contributed by atoms with Crippen molar-refractivity contribution in [1.82, 2.24) is 4.90 Å². The lowest BCUT2D eigenvalue weighted by Crippen LogP contribution is -2.46. The van der Waals surface area contributed by atoms with E-state index in [-0.39, 0.29) is 11.5 Å². The lowest BCUT2D eigenvalue weighted by Gasteiger charge is -2.36. The van der Waals surface area contributed by atoms with Crippen molar-refractivity contribution in [1.29, 1.82) is 0 Å². The maximum Gasteiger partial charge on any atom is 0.259 e. The lowest BCUT2D eigenvalue weighted by molar-refractivity contribution is 0.0608. The van der Waals surface area contributed by atoms with E-state index in [9.17, 15) is 13.6 Å². The van der Waals surface area contributed by atoms with Crippen LogP contribution in [0.1, 0.15) is 29.3 Å². The summed E-state index contributed by atoms with van der Waals surface area (Å²) in [5.74, 6) is -1.53. The van der Waals surface area contributed by atoms with E-state index in [4.69, 9.17) is 5.73 Å². The van der Waals surface area contributed by atoms with Crippen molar-refractivity contribution in [2.45, 2.75) is 20.3 Å². The summed E-state index contributed by atoms with van der Waals surface area (Å²) < 4.78 is 27.8. The fraction of sp³-hybridized carbons (Fsp3) is 0.533. The molecule has 20 heavy (non-hydrogen) atoms.